The minimum atomic E-state index is 0.234. The van der Waals surface area contributed by atoms with Crippen LogP contribution in [0.25, 0.3) is 0 Å². The second-order valence-electron chi connectivity index (χ2n) is 6.05. The molecular formula is C19H19Cl2NO. The van der Waals surface area contributed by atoms with E-state index in [0.717, 1.165) is 28.3 Å². The van der Waals surface area contributed by atoms with Gasteiger partial charge in [-0.2, -0.15) is 0 Å². The quantitative estimate of drug-likeness (QED) is 0.710. The molecule has 4 heteroatoms. The fraction of sp³-hybridized carbons (Fsp3) is 0.316. The van der Waals surface area contributed by atoms with Crippen LogP contribution in [0.2, 0.25) is 10.0 Å². The van der Waals surface area contributed by atoms with Crippen molar-refractivity contribution in [3.8, 4) is 5.75 Å². The van der Waals surface area contributed by atoms with Gasteiger partial charge < -0.3 is 4.74 Å². The normalized spacial score (nSPS) is 20.5. The predicted molar refractivity (Wildman–Crippen MR) is 97.4 cm³/mol. The van der Waals surface area contributed by atoms with Crippen LogP contribution in [0, 0.1) is 5.92 Å². The maximum Gasteiger partial charge on any atom is 0.137 e. The molecule has 0 spiro atoms. The third-order valence-electron chi connectivity index (χ3n) is 4.45. The van der Waals surface area contributed by atoms with E-state index in [2.05, 4.69) is 13.8 Å². The van der Waals surface area contributed by atoms with Crippen molar-refractivity contribution in [1.29, 1.82) is 0 Å². The Morgan fingerprint density at radius 2 is 1.78 bits per heavy atom. The van der Waals surface area contributed by atoms with Gasteiger partial charge in [0.05, 0.1) is 23.9 Å². The highest BCUT2D eigenvalue weighted by atomic mass is 35.5. The van der Waals surface area contributed by atoms with Crippen LogP contribution in [0.15, 0.2) is 41.4 Å². The Kier molecular flexibility index (Phi) is 4.65. The Labute approximate surface area is 147 Å². The van der Waals surface area contributed by atoms with Gasteiger partial charge in [0.25, 0.3) is 0 Å². The molecule has 0 bridgehead atoms. The molecule has 0 aliphatic carbocycles. The molecular weight excluding hydrogens is 329 g/mol. The average molecular weight is 348 g/mol. The second kappa shape index (κ2) is 6.54. The molecule has 2 atom stereocenters. The molecule has 120 valence electrons. The van der Waals surface area contributed by atoms with Crippen molar-refractivity contribution in [2.24, 2.45) is 10.9 Å². The smallest absolute Gasteiger partial charge is 0.137 e. The van der Waals surface area contributed by atoms with Gasteiger partial charge in [0.1, 0.15) is 5.75 Å². The van der Waals surface area contributed by atoms with Gasteiger partial charge >= 0.3 is 0 Å². The van der Waals surface area contributed by atoms with Crippen molar-refractivity contribution in [3.63, 3.8) is 0 Å². The molecule has 1 aliphatic heterocycles. The maximum atomic E-state index is 6.36. The average Bonchev–Trinajstić information content (AvgIpc) is 2.65. The standard InChI is InChI=1S/C19H19Cl2NO/c1-11-8-14-9-18(23-3)17(21)10-16(14)19(22-12(11)2)13-4-6-15(20)7-5-13/h4-7,9-12H,8H2,1-3H3. The van der Waals surface area contributed by atoms with Crippen LogP contribution >= 0.6 is 23.2 Å². The van der Waals surface area contributed by atoms with Gasteiger partial charge in [-0.15, -0.1) is 0 Å². The number of halogens is 2. The predicted octanol–water partition coefficient (Wildman–Crippen LogP) is 5.42. The molecule has 0 amide bonds. The van der Waals surface area contributed by atoms with Gasteiger partial charge in [-0.1, -0.05) is 42.3 Å². The lowest BCUT2D eigenvalue weighted by molar-refractivity contribution is 0.413. The first-order chi connectivity index (χ1) is 11.0. The summed E-state index contributed by atoms with van der Waals surface area (Å²) in [7, 11) is 1.64. The van der Waals surface area contributed by atoms with Gasteiger partial charge in [0.15, 0.2) is 0 Å². The molecule has 0 saturated heterocycles. The van der Waals surface area contributed by atoms with Gasteiger partial charge in [0, 0.05) is 16.1 Å². The zero-order valence-corrected chi connectivity index (χ0v) is 14.9. The largest absolute Gasteiger partial charge is 0.495 e. The molecule has 2 aromatic rings. The summed E-state index contributed by atoms with van der Waals surface area (Å²) in [4.78, 5) is 4.97. The molecule has 23 heavy (non-hydrogen) atoms. The SMILES string of the molecule is COc1cc2c(cc1Cl)C(c1ccc(Cl)cc1)=NC(C)C(C)C2. The van der Waals surface area contributed by atoms with Gasteiger partial charge in [0.2, 0.25) is 0 Å². The molecule has 2 aromatic carbocycles. The topological polar surface area (TPSA) is 21.6 Å². The van der Waals surface area contributed by atoms with E-state index in [1.807, 2.05) is 36.4 Å². The monoisotopic (exact) mass is 347 g/mol. The van der Waals surface area contributed by atoms with Gasteiger partial charge in [-0.25, -0.2) is 0 Å². The number of rotatable bonds is 2. The van der Waals surface area contributed by atoms with Crippen LogP contribution in [0.4, 0.5) is 0 Å². The third kappa shape index (κ3) is 3.24. The lowest BCUT2D eigenvalue weighted by Gasteiger charge is -2.14. The van der Waals surface area contributed by atoms with Crippen molar-refractivity contribution in [2.45, 2.75) is 26.3 Å². The highest BCUT2D eigenvalue weighted by Gasteiger charge is 2.24. The maximum absolute atomic E-state index is 6.36. The van der Waals surface area contributed by atoms with Gasteiger partial charge in [-0.05, 0) is 49.1 Å². The Bertz CT molecular complexity index is 753. The van der Waals surface area contributed by atoms with Crippen LogP contribution in [-0.4, -0.2) is 18.9 Å². The molecule has 1 aliphatic rings. The van der Waals surface area contributed by atoms with Crippen molar-refractivity contribution < 1.29 is 4.74 Å². The van der Waals surface area contributed by atoms with Crippen LogP contribution < -0.4 is 4.74 Å². The number of hydrogen-bond acceptors (Lipinski definition) is 2. The summed E-state index contributed by atoms with van der Waals surface area (Å²) in [6.45, 7) is 4.38. The van der Waals surface area contributed by atoms with Crippen molar-refractivity contribution >= 4 is 28.9 Å². The molecule has 2 unspecified atom stereocenters. The zero-order chi connectivity index (χ0) is 16.6. The lowest BCUT2D eigenvalue weighted by Crippen LogP contribution is -2.13. The van der Waals surface area contributed by atoms with E-state index in [1.54, 1.807) is 7.11 Å². The first-order valence-electron chi connectivity index (χ1n) is 7.70. The number of fused-ring (bicyclic) bond motifs is 1. The Hall–Kier alpha value is -1.51. The third-order valence-corrected chi connectivity index (χ3v) is 5.00. The van der Waals surface area contributed by atoms with E-state index in [0.29, 0.717) is 16.7 Å². The molecule has 2 nitrogen and oxygen atoms in total. The van der Waals surface area contributed by atoms with Crippen LogP contribution in [0.3, 0.4) is 0 Å². The van der Waals surface area contributed by atoms with Crippen molar-refractivity contribution in [1.82, 2.24) is 0 Å². The van der Waals surface area contributed by atoms with E-state index in [9.17, 15) is 0 Å². The fourth-order valence-corrected chi connectivity index (χ4v) is 3.26. The fourth-order valence-electron chi connectivity index (χ4n) is 2.90. The molecule has 0 radical (unpaired) electrons. The lowest BCUT2D eigenvalue weighted by atomic mass is 9.92. The van der Waals surface area contributed by atoms with Crippen LogP contribution in [0.5, 0.6) is 5.75 Å². The molecule has 3 rings (SSSR count). The number of benzene rings is 2. The molecule has 1 heterocycles. The Morgan fingerprint density at radius 3 is 2.43 bits per heavy atom. The minimum absolute atomic E-state index is 0.234. The van der Waals surface area contributed by atoms with E-state index in [1.165, 1.54) is 5.56 Å². The summed E-state index contributed by atoms with van der Waals surface area (Å²) in [5.41, 5.74) is 4.32. The Balaban J connectivity index is 2.20. The van der Waals surface area contributed by atoms with E-state index in [4.69, 9.17) is 32.9 Å². The molecule has 0 fully saturated rings. The summed E-state index contributed by atoms with van der Waals surface area (Å²) in [6, 6.07) is 12.0. The van der Waals surface area contributed by atoms with Crippen LogP contribution in [0.1, 0.15) is 30.5 Å². The van der Waals surface area contributed by atoms with Crippen molar-refractivity contribution in [2.75, 3.05) is 7.11 Å². The van der Waals surface area contributed by atoms with Crippen LogP contribution in [-0.2, 0) is 6.42 Å². The summed E-state index contributed by atoms with van der Waals surface area (Å²) in [5.74, 6) is 1.16. The Morgan fingerprint density at radius 1 is 1.09 bits per heavy atom. The van der Waals surface area contributed by atoms with Crippen molar-refractivity contribution in [3.05, 3.63) is 63.1 Å². The first-order valence-corrected chi connectivity index (χ1v) is 8.45. The van der Waals surface area contributed by atoms with E-state index < -0.39 is 0 Å². The molecule has 0 aromatic heterocycles. The molecule has 0 N–H and O–H groups in total. The number of hydrogen-bond donors (Lipinski definition) is 0. The number of methoxy groups -OCH3 is 1. The summed E-state index contributed by atoms with van der Waals surface area (Å²) in [5, 5.41) is 1.33. The van der Waals surface area contributed by atoms with Gasteiger partial charge in [-0.3, -0.25) is 4.99 Å². The highest BCUT2D eigenvalue weighted by molar-refractivity contribution is 6.33. The van der Waals surface area contributed by atoms with E-state index in [-0.39, 0.29) is 6.04 Å². The number of aliphatic imine (C=N–C) groups is 1. The first kappa shape index (κ1) is 16.4. The zero-order valence-electron chi connectivity index (χ0n) is 13.4. The minimum Gasteiger partial charge on any atom is -0.495 e. The summed E-state index contributed by atoms with van der Waals surface area (Å²) >= 11 is 12.4. The summed E-state index contributed by atoms with van der Waals surface area (Å²) in [6.07, 6.45) is 0.949. The highest BCUT2D eigenvalue weighted by Crippen LogP contribution is 2.34. The summed E-state index contributed by atoms with van der Waals surface area (Å²) < 4.78 is 5.38. The molecule has 0 saturated carbocycles. The number of nitrogens with zero attached hydrogens (tertiary/aromatic N) is 1. The van der Waals surface area contributed by atoms with E-state index >= 15 is 0 Å². The second-order valence-corrected chi connectivity index (χ2v) is 6.89. The number of ether oxygens (including phenoxy) is 1.